The van der Waals surface area contributed by atoms with E-state index in [0.717, 1.165) is 16.7 Å². The fourth-order valence-corrected chi connectivity index (χ4v) is 9.26. The predicted molar refractivity (Wildman–Crippen MR) is 315 cm³/mol. The van der Waals surface area contributed by atoms with Crippen LogP contribution in [-0.4, -0.2) is 131 Å². The first kappa shape index (κ1) is 64.4. The highest BCUT2D eigenvalue weighted by molar-refractivity contribution is 5.83. The maximum absolute atomic E-state index is 11.0. The molecule has 0 amide bonds. The van der Waals surface area contributed by atoms with Gasteiger partial charge in [0.1, 0.15) is 74.1 Å². The van der Waals surface area contributed by atoms with Crippen LogP contribution in [0.3, 0.4) is 0 Å². The third kappa shape index (κ3) is 18.4. The van der Waals surface area contributed by atoms with E-state index in [1.807, 2.05) is 91.0 Å². The van der Waals surface area contributed by atoms with Gasteiger partial charge in [-0.05, 0) is 106 Å². The van der Waals surface area contributed by atoms with E-state index in [1.165, 1.54) is 0 Å². The van der Waals surface area contributed by atoms with Crippen LogP contribution in [-0.2, 0) is 87.9 Å². The van der Waals surface area contributed by atoms with Crippen molar-refractivity contribution in [1.29, 1.82) is 0 Å². The molecule has 0 unspecified atom stereocenters. The molecule has 7 aromatic carbocycles. The predicted octanol–water partition coefficient (Wildman–Crippen LogP) is 8.50. The Balaban J connectivity index is 1.25. The highest BCUT2D eigenvalue weighted by Gasteiger charge is 2.21. The largest absolute Gasteiger partial charge is 0.491 e. The lowest BCUT2D eigenvalue weighted by atomic mass is 9.89. The van der Waals surface area contributed by atoms with Gasteiger partial charge in [-0.1, -0.05) is 54.6 Å². The van der Waals surface area contributed by atoms with E-state index < -0.39 is 39.6 Å². The number of rotatable bonds is 39. The summed E-state index contributed by atoms with van der Waals surface area (Å²) in [6.45, 7) is 2.38. The van der Waals surface area contributed by atoms with Gasteiger partial charge in [-0.3, -0.25) is 0 Å². The lowest BCUT2D eigenvalue weighted by Crippen LogP contribution is -2.11. The summed E-state index contributed by atoms with van der Waals surface area (Å²) in [4.78, 5) is 0. The molecule has 18 heteroatoms. The van der Waals surface area contributed by atoms with E-state index >= 15 is 0 Å². The van der Waals surface area contributed by atoms with Gasteiger partial charge in [-0.25, -0.2) is 0 Å². The van der Waals surface area contributed by atoms with Gasteiger partial charge in [0.25, 0.3) is 0 Å². The Bertz CT molecular complexity index is 2700. The van der Waals surface area contributed by atoms with E-state index in [-0.39, 0.29) is 19.8 Å². The van der Waals surface area contributed by atoms with Crippen LogP contribution in [0.5, 0.6) is 34.5 Å². The number of ether oxygens (including phenoxy) is 12. The number of hydrogen-bond donors (Lipinski definition) is 6. The summed E-state index contributed by atoms with van der Waals surface area (Å²) in [6.07, 6.45) is 0. The Morgan fingerprint density at radius 3 is 0.714 bits per heavy atom. The molecular formula is C66H78O18. The van der Waals surface area contributed by atoms with Gasteiger partial charge in [0.05, 0.1) is 99.1 Å². The van der Waals surface area contributed by atoms with Crippen LogP contribution in [0.4, 0.5) is 0 Å². The molecular weight excluding hydrogens is 1080 g/mol. The van der Waals surface area contributed by atoms with Crippen LogP contribution in [0, 0.1) is 0 Å². The van der Waals surface area contributed by atoms with Crippen LogP contribution < -0.4 is 28.4 Å². The molecule has 0 aliphatic heterocycles. The van der Waals surface area contributed by atoms with Crippen LogP contribution in [0.1, 0.15) is 50.1 Å². The minimum absolute atomic E-state index is 0.0662. The topological polar surface area (TPSA) is 232 Å². The summed E-state index contributed by atoms with van der Waals surface area (Å²) in [5.41, 5.74) is 8.53. The van der Waals surface area contributed by atoms with Gasteiger partial charge in [0.15, 0.2) is 0 Å². The van der Waals surface area contributed by atoms with Gasteiger partial charge in [-0.15, -0.1) is 0 Å². The number of aliphatic hydroxyl groups is 6. The lowest BCUT2D eigenvalue weighted by molar-refractivity contribution is 0.0541. The van der Waals surface area contributed by atoms with Crippen molar-refractivity contribution in [3.8, 4) is 67.9 Å². The molecule has 0 fully saturated rings. The summed E-state index contributed by atoms with van der Waals surface area (Å²) >= 11 is 0. The van der Waals surface area contributed by atoms with E-state index in [1.54, 1.807) is 57.7 Å². The Kier molecular flexibility index (Phi) is 27.0. The maximum atomic E-state index is 11.0. The van der Waals surface area contributed by atoms with Crippen LogP contribution in [0.2, 0.25) is 0 Å². The average molecular weight is 1160 g/mol. The molecule has 0 bridgehead atoms. The zero-order valence-corrected chi connectivity index (χ0v) is 48.1. The van der Waals surface area contributed by atoms with Crippen LogP contribution >= 0.6 is 0 Å². The number of hydrogen-bond acceptors (Lipinski definition) is 18. The number of aliphatic hydroxyl groups excluding tert-OH is 6. The van der Waals surface area contributed by atoms with Crippen molar-refractivity contribution < 1.29 is 87.5 Å². The fourth-order valence-electron chi connectivity index (χ4n) is 9.26. The van der Waals surface area contributed by atoms with Gasteiger partial charge < -0.3 is 87.5 Å². The van der Waals surface area contributed by atoms with E-state index in [2.05, 4.69) is 0 Å². The number of methoxy groups -OCH3 is 3. The molecule has 0 saturated carbocycles. The van der Waals surface area contributed by atoms with Gasteiger partial charge in [-0.2, -0.15) is 0 Å². The standard InChI is InChI=1S/C66H78O18/c1-73-16-19-76-22-25-79-61-13-7-4-10-46(61)43-82-64-55(37-67)31-52(32-56(64)38-68)49-28-50(53-33-57(39-69)65(58(34-53)40-70)83-44-47-11-5-8-14-62(47)80-26-23-77-20-17-74-2)30-51(29-49)54-35-59(41-71)66(60(36-54)42-72)84-45-48-12-6-9-15-63(48)81-27-24-78-21-18-75-3/h4-15,28-36,67-72H,16-27,37-45H2,1-3H3. The summed E-state index contributed by atoms with van der Waals surface area (Å²) < 4.78 is 69.3. The van der Waals surface area contributed by atoms with Crippen molar-refractivity contribution in [2.24, 2.45) is 0 Å². The van der Waals surface area contributed by atoms with E-state index in [0.29, 0.717) is 181 Å². The Hall–Kier alpha value is -7.14. The van der Waals surface area contributed by atoms with Crippen molar-refractivity contribution in [2.75, 3.05) is 101 Å². The Morgan fingerprint density at radius 2 is 0.476 bits per heavy atom. The second-order valence-electron chi connectivity index (χ2n) is 19.2. The smallest absolute Gasteiger partial charge is 0.130 e. The first-order valence-corrected chi connectivity index (χ1v) is 27.8. The molecule has 0 saturated heterocycles. The molecule has 0 radical (unpaired) electrons. The summed E-state index contributed by atoms with van der Waals surface area (Å²) in [7, 11) is 4.83. The Labute approximate surface area is 491 Å². The van der Waals surface area contributed by atoms with E-state index in [4.69, 9.17) is 56.8 Å². The minimum atomic E-state index is -0.429. The molecule has 0 heterocycles. The molecule has 7 aromatic rings. The molecule has 0 atom stereocenters. The van der Waals surface area contributed by atoms with Crippen molar-refractivity contribution in [2.45, 2.75) is 59.5 Å². The molecule has 0 aliphatic carbocycles. The minimum Gasteiger partial charge on any atom is -0.491 e. The van der Waals surface area contributed by atoms with Gasteiger partial charge in [0.2, 0.25) is 0 Å². The van der Waals surface area contributed by atoms with Crippen molar-refractivity contribution in [3.05, 3.63) is 177 Å². The first-order valence-electron chi connectivity index (χ1n) is 27.8. The lowest BCUT2D eigenvalue weighted by Gasteiger charge is -2.20. The highest BCUT2D eigenvalue weighted by Crippen LogP contribution is 2.41. The zero-order chi connectivity index (χ0) is 59.3. The van der Waals surface area contributed by atoms with Crippen molar-refractivity contribution in [3.63, 3.8) is 0 Å². The number of benzene rings is 7. The molecule has 0 aliphatic rings. The third-order valence-corrected chi connectivity index (χ3v) is 13.5. The summed E-state index contributed by atoms with van der Waals surface area (Å²) in [6, 6.07) is 38.9. The van der Waals surface area contributed by atoms with Crippen molar-refractivity contribution in [1.82, 2.24) is 0 Å². The zero-order valence-electron chi connectivity index (χ0n) is 48.1. The average Bonchev–Trinajstić information content (AvgIpc) is 3.47. The van der Waals surface area contributed by atoms with Crippen molar-refractivity contribution >= 4 is 0 Å². The first-order chi connectivity index (χ1) is 41.3. The molecule has 7 rings (SSSR count). The maximum Gasteiger partial charge on any atom is 0.130 e. The van der Waals surface area contributed by atoms with Crippen LogP contribution in [0.15, 0.2) is 127 Å². The summed E-state index contributed by atoms with van der Waals surface area (Å²) in [5, 5.41) is 65.8. The molecule has 450 valence electrons. The summed E-state index contributed by atoms with van der Waals surface area (Å²) in [5.74, 6) is 2.74. The van der Waals surface area contributed by atoms with Gasteiger partial charge in [0, 0.05) is 71.4 Å². The normalized spacial score (nSPS) is 11.2. The SMILES string of the molecule is COCCOCCOc1ccccc1COc1c(CO)cc(-c2cc(-c3cc(CO)c(OCc4ccccc4OCCOCCOC)c(CO)c3)cc(-c3cc(CO)c(OCc4ccccc4OCCOCCOC)c(CO)c3)c2)cc1CO. The molecule has 84 heavy (non-hydrogen) atoms. The quantitative estimate of drug-likeness (QED) is 0.0198. The Morgan fingerprint density at radius 1 is 0.250 bits per heavy atom. The molecule has 0 spiro atoms. The molecule has 6 N–H and O–H groups in total. The number of para-hydroxylation sites is 3. The molecule has 18 nitrogen and oxygen atoms in total. The third-order valence-electron chi connectivity index (χ3n) is 13.5. The van der Waals surface area contributed by atoms with Crippen LogP contribution in [0.25, 0.3) is 33.4 Å². The highest BCUT2D eigenvalue weighted by atomic mass is 16.6. The van der Waals surface area contributed by atoms with E-state index in [9.17, 15) is 30.6 Å². The van der Waals surface area contributed by atoms with Gasteiger partial charge >= 0.3 is 0 Å². The fraction of sp³-hybridized carbons (Fsp3) is 0.364. The second kappa shape index (κ2) is 35.2. The monoisotopic (exact) mass is 1160 g/mol. The second-order valence-corrected chi connectivity index (χ2v) is 19.2. The molecule has 0 aromatic heterocycles.